The van der Waals surface area contributed by atoms with Crippen molar-refractivity contribution in [3.63, 3.8) is 0 Å². The molecule has 11 heteroatoms. The van der Waals surface area contributed by atoms with Gasteiger partial charge in [-0.1, -0.05) is 50.5 Å². The van der Waals surface area contributed by atoms with Crippen LogP contribution in [0.4, 0.5) is 0 Å². The molecule has 2 aromatic heterocycles. The summed E-state index contributed by atoms with van der Waals surface area (Å²) >= 11 is 0. The summed E-state index contributed by atoms with van der Waals surface area (Å²) in [6.45, 7) is 1.61. The smallest absolute Gasteiger partial charge is 0.287 e. The van der Waals surface area contributed by atoms with Crippen LogP contribution in [-0.2, 0) is 19.6 Å². The largest absolute Gasteiger partial charge is 0.451 e. The van der Waals surface area contributed by atoms with Crippen molar-refractivity contribution in [1.29, 1.82) is 0 Å². The number of hydrogen-bond donors (Lipinski definition) is 2. The zero-order chi connectivity index (χ0) is 27.6. The number of hydrogen-bond acceptors (Lipinski definition) is 7. The monoisotopic (exact) mass is 552 g/mol. The Morgan fingerprint density at radius 1 is 1.08 bits per heavy atom. The van der Waals surface area contributed by atoms with Crippen molar-refractivity contribution >= 4 is 38.6 Å². The number of benzene rings is 1. The molecule has 2 atom stereocenters. The molecule has 2 N–H and O–H groups in total. The second kappa shape index (κ2) is 10.9. The molecule has 1 aliphatic carbocycles. The molecule has 10 nitrogen and oxygen atoms in total. The van der Waals surface area contributed by atoms with E-state index in [0.29, 0.717) is 18.4 Å². The number of furan rings is 1. The molecule has 1 saturated carbocycles. The van der Waals surface area contributed by atoms with E-state index in [2.05, 4.69) is 15.6 Å². The average Bonchev–Trinajstić information content (AvgIpc) is 3.32. The Labute approximate surface area is 227 Å². The summed E-state index contributed by atoms with van der Waals surface area (Å²) in [5.74, 6) is -1.41. The highest BCUT2D eigenvalue weighted by molar-refractivity contribution is 7.89. The second-order valence-electron chi connectivity index (χ2n) is 10.5. The fraction of sp³-hybridized carbons (Fsp3) is 0.429. The van der Waals surface area contributed by atoms with E-state index in [-0.39, 0.29) is 36.2 Å². The molecule has 0 spiro atoms. The van der Waals surface area contributed by atoms with E-state index in [1.807, 2.05) is 25.1 Å². The average molecular weight is 553 g/mol. The minimum Gasteiger partial charge on any atom is -0.451 e. The summed E-state index contributed by atoms with van der Waals surface area (Å²) in [4.78, 5) is 44.2. The Morgan fingerprint density at radius 2 is 1.82 bits per heavy atom. The molecule has 5 rings (SSSR count). The number of Topliss-reactive ketones (excluding diaryl/α,β-unsaturated/α-hetero) is 1. The number of amides is 2. The summed E-state index contributed by atoms with van der Waals surface area (Å²) < 4.78 is 33.1. The van der Waals surface area contributed by atoms with Gasteiger partial charge in [0.05, 0.1) is 12.6 Å². The quantitative estimate of drug-likeness (QED) is 0.479. The normalized spacial score (nSPS) is 22.2. The van der Waals surface area contributed by atoms with Crippen LogP contribution in [0.25, 0.3) is 11.0 Å². The van der Waals surface area contributed by atoms with Gasteiger partial charge in [-0.2, -0.15) is 4.31 Å². The highest BCUT2D eigenvalue weighted by atomic mass is 32.2. The molecule has 0 bridgehead atoms. The van der Waals surface area contributed by atoms with Gasteiger partial charge in [0.25, 0.3) is 15.9 Å². The van der Waals surface area contributed by atoms with Crippen LogP contribution in [0.5, 0.6) is 0 Å². The van der Waals surface area contributed by atoms with Gasteiger partial charge in [0.1, 0.15) is 11.1 Å². The molecular weight excluding hydrogens is 520 g/mol. The summed E-state index contributed by atoms with van der Waals surface area (Å²) in [5.41, 5.74) is -0.614. The second-order valence-corrected chi connectivity index (χ2v) is 12.4. The first kappa shape index (κ1) is 27.0. The number of sulfonamides is 1. The SMILES string of the molecule is C[C@@H]1C[C@H](NC(=O)C2(NC(=O)c3cc4ccccc4o3)CCCCC2)C(=O)CN(S(=O)(=O)c2ccccn2)C1. The molecule has 1 aromatic carbocycles. The first-order valence-corrected chi connectivity index (χ1v) is 14.7. The van der Waals surface area contributed by atoms with Gasteiger partial charge in [-0.25, -0.2) is 13.4 Å². The molecule has 39 heavy (non-hydrogen) atoms. The van der Waals surface area contributed by atoms with Gasteiger partial charge in [-0.3, -0.25) is 14.4 Å². The predicted molar refractivity (Wildman–Crippen MR) is 143 cm³/mol. The number of pyridine rings is 1. The molecular formula is C28H32N4O6S. The fourth-order valence-electron chi connectivity index (χ4n) is 5.49. The van der Waals surface area contributed by atoms with Crippen molar-refractivity contribution in [3.05, 3.63) is 60.5 Å². The molecule has 206 valence electrons. The van der Waals surface area contributed by atoms with Gasteiger partial charge in [0.15, 0.2) is 16.6 Å². The van der Waals surface area contributed by atoms with Crippen molar-refractivity contribution in [2.24, 2.45) is 5.92 Å². The van der Waals surface area contributed by atoms with E-state index >= 15 is 0 Å². The van der Waals surface area contributed by atoms with Crippen LogP contribution in [0.15, 0.2) is 64.2 Å². The lowest BCUT2D eigenvalue weighted by Gasteiger charge is -2.37. The number of para-hydroxylation sites is 1. The maximum Gasteiger partial charge on any atom is 0.287 e. The Balaban J connectivity index is 1.33. The first-order chi connectivity index (χ1) is 18.7. The molecule has 2 aliphatic rings. The molecule has 0 unspecified atom stereocenters. The number of aromatic nitrogens is 1. The predicted octanol–water partition coefficient (Wildman–Crippen LogP) is 3.05. The van der Waals surface area contributed by atoms with E-state index in [9.17, 15) is 22.8 Å². The van der Waals surface area contributed by atoms with E-state index in [4.69, 9.17) is 4.42 Å². The van der Waals surface area contributed by atoms with Crippen molar-refractivity contribution in [2.45, 2.75) is 62.1 Å². The zero-order valence-corrected chi connectivity index (χ0v) is 22.6. The minimum atomic E-state index is -3.97. The molecule has 3 aromatic rings. The number of ketones is 1. The maximum absolute atomic E-state index is 13.7. The van der Waals surface area contributed by atoms with E-state index < -0.39 is 39.2 Å². The lowest BCUT2D eigenvalue weighted by Crippen LogP contribution is -2.62. The van der Waals surface area contributed by atoms with E-state index in [1.54, 1.807) is 24.3 Å². The van der Waals surface area contributed by atoms with Gasteiger partial charge < -0.3 is 15.1 Å². The Kier molecular flexibility index (Phi) is 7.55. The van der Waals surface area contributed by atoms with Crippen LogP contribution >= 0.6 is 0 Å². The fourth-order valence-corrected chi connectivity index (χ4v) is 6.95. The van der Waals surface area contributed by atoms with Gasteiger partial charge in [0.2, 0.25) is 5.91 Å². The van der Waals surface area contributed by atoms with Crippen molar-refractivity contribution in [3.8, 4) is 0 Å². The number of carbonyl (C=O) groups excluding carboxylic acids is 3. The van der Waals surface area contributed by atoms with Gasteiger partial charge >= 0.3 is 0 Å². The third kappa shape index (κ3) is 5.60. The number of nitrogens with one attached hydrogen (secondary N) is 2. The first-order valence-electron chi connectivity index (χ1n) is 13.2. The van der Waals surface area contributed by atoms with Crippen molar-refractivity contribution in [1.82, 2.24) is 19.9 Å². The number of carbonyl (C=O) groups is 3. The Morgan fingerprint density at radius 3 is 2.54 bits per heavy atom. The number of rotatable bonds is 6. The van der Waals surface area contributed by atoms with Crippen molar-refractivity contribution < 1.29 is 27.2 Å². The highest BCUT2D eigenvalue weighted by Gasteiger charge is 2.44. The topological polar surface area (TPSA) is 139 Å². The minimum absolute atomic E-state index is 0.114. The van der Waals surface area contributed by atoms with E-state index in [1.165, 1.54) is 12.3 Å². The Hall–Kier alpha value is -3.57. The Bertz CT molecular complexity index is 1450. The third-order valence-electron chi connectivity index (χ3n) is 7.57. The van der Waals surface area contributed by atoms with Gasteiger partial charge in [-0.05, 0) is 49.4 Å². The third-order valence-corrected chi connectivity index (χ3v) is 9.29. The molecule has 1 aliphatic heterocycles. The van der Waals surface area contributed by atoms with Gasteiger partial charge in [-0.15, -0.1) is 0 Å². The molecule has 1 saturated heterocycles. The summed E-state index contributed by atoms with van der Waals surface area (Å²) in [6, 6.07) is 12.6. The lowest BCUT2D eigenvalue weighted by atomic mass is 9.80. The standard InChI is InChI=1S/C28H32N4O6S/c1-19-15-21(22(33)18-32(17-19)39(36,37)25-11-5-8-14-29-25)30-27(35)28(12-6-2-7-13-28)31-26(34)24-16-20-9-3-4-10-23(20)38-24/h3-5,8-11,14,16,19,21H,2,6-7,12-13,15,17-18H2,1H3,(H,30,35)(H,31,34)/t19-,21+/m1/s1. The molecule has 2 fully saturated rings. The molecule has 3 heterocycles. The van der Waals surface area contributed by atoms with E-state index in [0.717, 1.165) is 29.0 Å². The molecule has 0 radical (unpaired) electrons. The summed E-state index contributed by atoms with van der Waals surface area (Å²) in [6.07, 6.45) is 4.98. The van der Waals surface area contributed by atoms with Crippen LogP contribution < -0.4 is 10.6 Å². The summed E-state index contributed by atoms with van der Waals surface area (Å²) in [7, 11) is -3.97. The van der Waals surface area contributed by atoms with Crippen LogP contribution in [-0.4, -0.2) is 60.0 Å². The van der Waals surface area contributed by atoms with Crippen LogP contribution in [0.3, 0.4) is 0 Å². The molecule has 2 amide bonds. The zero-order valence-electron chi connectivity index (χ0n) is 21.8. The lowest BCUT2D eigenvalue weighted by molar-refractivity contribution is -0.132. The maximum atomic E-state index is 13.7. The van der Waals surface area contributed by atoms with Gasteiger partial charge in [0, 0.05) is 18.1 Å². The van der Waals surface area contributed by atoms with Crippen LogP contribution in [0, 0.1) is 5.92 Å². The highest BCUT2D eigenvalue weighted by Crippen LogP contribution is 2.30. The van der Waals surface area contributed by atoms with Crippen LogP contribution in [0.1, 0.15) is 56.0 Å². The number of nitrogens with zero attached hydrogens (tertiary/aromatic N) is 2. The van der Waals surface area contributed by atoms with Crippen molar-refractivity contribution in [2.75, 3.05) is 13.1 Å². The number of fused-ring (bicyclic) bond motifs is 1. The van der Waals surface area contributed by atoms with Crippen LogP contribution in [0.2, 0.25) is 0 Å². The summed E-state index contributed by atoms with van der Waals surface area (Å²) in [5, 5.41) is 6.46.